The molecular formula is C15H23NO. The van der Waals surface area contributed by atoms with Gasteiger partial charge in [-0.2, -0.15) is 0 Å². The van der Waals surface area contributed by atoms with Crippen LogP contribution in [0.15, 0.2) is 24.3 Å². The van der Waals surface area contributed by atoms with E-state index in [1.54, 1.807) is 0 Å². The Balaban J connectivity index is 2.79. The van der Waals surface area contributed by atoms with Gasteiger partial charge in [-0.15, -0.1) is 0 Å². The van der Waals surface area contributed by atoms with Crippen LogP contribution in [-0.4, -0.2) is 12.5 Å². The number of carbonyl (C=O) groups is 1. The molecule has 0 fully saturated rings. The number of aryl methyl sites for hydroxylation is 1. The first kappa shape index (κ1) is 13.8. The molecular weight excluding hydrogens is 210 g/mol. The standard InChI is InChI=1S/C15H23NO/c1-11(2)10-16-14(17)15(4,5)13-8-6-12(3)7-9-13/h6-9,11H,10H2,1-5H3,(H,16,17). The molecule has 0 aliphatic rings. The smallest absolute Gasteiger partial charge is 0.230 e. The Morgan fingerprint density at radius 1 is 1.24 bits per heavy atom. The summed E-state index contributed by atoms with van der Waals surface area (Å²) in [7, 11) is 0. The minimum atomic E-state index is -0.470. The highest BCUT2D eigenvalue weighted by molar-refractivity contribution is 5.87. The molecule has 1 aromatic rings. The molecule has 2 heteroatoms. The zero-order valence-electron chi connectivity index (χ0n) is 11.5. The number of amides is 1. The number of nitrogens with one attached hydrogen (secondary N) is 1. The highest BCUT2D eigenvalue weighted by atomic mass is 16.2. The van der Waals surface area contributed by atoms with E-state index < -0.39 is 5.41 Å². The molecule has 0 atom stereocenters. The van der Waals surface area contributed by atoms with Crippen LogP contribution in [0.4, 0.5) is 0 Å². The third-order valence-electron chi connectivity index (χ3n) is 3.01. The summed E-state index contributed by atoms with van der Waals surface area (Å²) in [6.07, 6.45) is 0. The lowest BCUT2D eigenvalue weighted by molar-refractivity contribution is -0.125. The minimum absolute atomic E-state index is 0.0926. The molecule has 1 N–H and O–H groups in total. The molecule has 0 aliphatic carbocycles. The SMILES string of the molecule is Cc1ccc(C(C)(C)C(=O)NCC(C)C)cc1. The molecule has 0 aromatic heterocycles. The van der Waals surface area contributed by atoms with Crippen molar-refractivity contribution in [2.24, 2.45) is 5.92 Å². The predicted molar refractivity (Wildman–Crippen MR) is 72.1 cm³/mol. The van der Waals surface area contributed by atoms with Crippen LogP contribution >= 0.6 is 0 Å². The summed E-state index contributed by atoms with van der Waals surface area (Å²) in [5.41, 5.74) is 1.80. The quantitative estimate of drug-likeness (QED) is 0.851. The molecule has 1 rings (SSSR count). The second kappa shape index (κ2) is 5.35. The number of rotatable bonds is 4. The number of hydrogen-bond donors (Lipinski definition) is 1. The molecule has 1 amide bonds. The van der Waals surface area contributed by atoms with Gasteiger partial charge in [0.25, 0.3) is 0 Å². The molecule has 0 aliphatic heterocycles. The van der Waals surface area contributed by atoms with Crippen molar-refractivity contribution in [3.63, 3.8) is 0 Å². The van der Waals surface area contributed by atoms with E-state index in [2.05, 4.69) is 26.1 Å². The van der Waals surface area contributed by atoms with Gasteiger partial charge in [-0.3, -0.25) is 4.79 Å². The van der Waals surface area contributed by atoms with Crippen molar-refractivity contribution in [1.29, 1.82) is 0 Å². The molecule has 0 spiro atoms. The number of carbonyl (C=O) groups excluding carboxylic acids is 1. The summed E-state index contributed by atoms with van der Waals surface area (Å²) < 4.78 is 0. The summed E-state index contributed by atoms with van der Waals surface area (Å²) in [6, 6.07) is 8.16. The average molecular weight is 233 g/mol. The van der Waals surface area contributed by atoms with Gasteiger partial charge in [-0.05, 0) is 32.3 Å². The molecule has 0 saturated heterocycles. The predicted octanol–water partition coefficient (Wildman–Crippen LogP) is 3.04. The highest BCUT2D eigenvalue weighted by Crippen LogP contribution is 2.23. The van der Waals surface area contributed by atoms with E-state index in [-0.39, 0.29) is 5.91 Å². The summed E-state index contributed by atoms with van der Waals surface area (Å²) in [5, 5.41) is 3.00. The van der Waals surface area contributed by atoms with Gasteiger partial charge < -0.3 is 5.32 Å². The lowest BCUT2D eigenvalue weighted by Gasteiger charge is -2.25. The number of hydrogen-bond acceptors (Lipinski definition) is 1. The fourth-order valence-corrected chi connectivity index (χ4v) is 1.62. The van der Waals surface area contributed by atoms with Gasteiger partial charge >= 0.3 is 0 Å². The zero-order valence-corrected chi connectivity index (χ0v) is 11.5. The monoisotopic (exact) mass is 233 g/mol. The van der Waals surface area contributed by atoms with Gasteiger partial charge in [0.15, 0.2) is 0 Å². The Morgan fingerprint density at radius 3 is 2.24 bits per heavy atom. The molecule has 0 unspecified atom stereocenters. The van der Waals surface area contributed by atoms with Crippen molar-refractivity contribution in [2.75, 3.05) is 6.54 Å². The molecule has 0 heterocycles. The Bertz CT molecular complexity index is 376. The van der Waals surface area contributed by atoms with Gasteiger partial charge in [0.1, 0.15) is 0 Å². The van der Waals surface area contributed by atoms with Crippen LogP contribution in [-0.2, 0) is 10.2 Å². The van der Waals surface area contributed by atoms with Gasteiger partial charge in [-0.1, -0.05) is 43.7 Å². The van der Waals surface area contributed by atoms with E-state index in [1.165, 1.54) is 5.56 Å². The second-order valence-electron chi connectivity index (χ2n) is 5.59. The van der Waals surface area contributed by atoms with Crippen LogP contribution in [0.5, 0.6) is 0 Å². The van der Waals surface area contributed by atoms with E-state index in [0.717, 1.165) is 12.1 Å². The van der Waals surface area contributed by atoms with Crippen LogP contribution in [0, 0.1) is 12.8 Å². The Morgan fingerprint density at radius 2 is 1.76 bits per heavy atom. The molecule has 0 bridgehead atoms. The van der Waals surface area contributed by atoms with E-state index >= 15 is 0 Å². The molecule has 1 aromatic carbocycles. The van der Waals surface area contributed by atoms with Crippen molar-refractivity contribution in [3.8, 4) is 0 Å². The van der Waals surface area contributed by atoms with Crippen LogP contribution in [0.1, 0.15) is 38.8 Å². The van der Waals surface area contributed by atoms with Crippen LogP contribution in [0.3, 0.4) is 0 Å². The van der Waals surface area contributed by atoms with Gasteiger partial charge in [0.2, 0.25) is 5.91 Å². The van der Waals surface area contributed by atoms with Crippen LogP contribution in [0.25, 0.3) is 0 Å². The molecule has 0 saturated carbocycles. The van der Waals surface area contributed by atoms with Crippen molar-refractivity contribution < 1.29 is 4.79 Å². The zero-order chi connectivity index (χ0) is 13.1. The Kier molecular flexibility index (Phi) is 4.33. The van der Waals surface area contributed by atoms with Crippen LogP contribution < -0.4 is 5.32 Å². The Hall–Kier alpha value is -1.31. The summed E-state index contributed by atoms with van der Waals surface area (Å²) in [6.45, 7) is 10.9. The average Bonchev–Trinajstić information content (AvgIpc) is 2.26. The minimum Gasteiger partial charge on any atom is -0.355 e. The normalized spacial score (nSPS) is 11.6. The fraction of sp³-hybridized carbons (Fsp3) is 0.533. The first-order valence-electron chi connectivity index (χ1n) is 6.19. The third kappa shape index (κ3) is 3.58. The van der Waals surface area contributed by atoms with Crippen molar-refractivity contribution in [3.05, 3.63) is 35.4 Å². The first-order chi connectivity index (χ1) is 7.84. The lowest BCUT2D eigenvalue weighted by Crippen LogP contribution is -2.41. The van der Waals surface area contributed by atoms with Gasteiger partial charge in [0.05, 0.1) is 5.41 Å². The summed E-state index contributed by atoms with van der Waals surface area (Å²) in [5.74, 6) is 0.572. The van der Waals surface area contributed by atoms with Crippen molar-refractivity contribution >= 4 is 5.91 Å². The van der Waals surface area contributed by atoms with E-state index in [4.69, 9.17) is 0 Å². The summed E-state index contributed by atoms with van der Waals surface area (Å²) >= 11 is 0. The van der Waals surface area contributed by atoms with E-state index in [9.17, 15) is 4.79 Å². The maximum atomic E-state index is 12.1. The second-order valence-corrected chi connectivity index (χ2v) is 5.59. The lowest BCUT2D eigenvalue weighted by atomic mass is 9.83. The van der Waals surface area contributed by atoms with Gasteiger partial charge in [0, 0.05) is 6.54 Å². The van der Waals surface area contributed by atoms with E-state index in [1.807, 2.05) is 38.1 Å². The number of benzene rings is 1. The van der Waals surface area contributed by atoms with Crippen molar-refractivity contribution in [2.45, 2.75) is 40.0 Å². The largest absolute Gasteiger partial charge is 0.355 e. The van der Waals surface area contributed by atoms with Crippen molar-refractivity contribution in [1.82, 2.24) is 5.32 Å². The topological polar surface area (TPSA) is 29.1 Å². The molecule has 0 radical (unpaired) electrons. The van der Waals surface area contributed by atoms with Crippen LogP contribution in [0.2, 0.25) is 0 Å². The Labute approximate surface area is 104 Å². The molecule has 94 valence electrons. The maximum absolute atomic E-state index is 12.1. The maximum Gasteiger partial charge on any atom is 0.230 e. The molecule has 2 nitrogen and oxygen atoms in total. The molecule has 17 heavy (non-hydrogen) atoms. The first-order valence-corrected chi connectivity index (χ1v) is 6.19. The van der Waals surface area contributed by atoms with Gasteiger partial charge in [-0.25, -0.2) is 0 Å². The fourth-order valence-electron chi connectivity index (χ4n) is 1.62. The van der Waals surface area contributed by atoms with E-state index in [0.29, 0.717) is 5.92 Å². The third-order valence-corrected chi connectivity index (χ3v) is 3.01. The summed E-state index contributed by atoms with van der Waals surface area (Å²) in [4.78, 5) is 12.1. The highest BCUT2D eigenvalue weighted by Gasteiger charge is 2.29.